The van der Waals surface area contributed by atoms with Crippen LogP contribution in [-0.2, 0) is 33.2 Å². The highest BCUT2D eigenvalue weighted by molar-refractivity contribution is 5.76. The molecule has 0 saturated carbocycles. The molecule has 3 rings (SSSR count). The average Bonchev–Trinajstić information content (AvgIpc) is 0.784. The summed E-state index contributed by atoms with van der Waals surface area (Å²) >= 11 is 0. The summed E-state index contributed by atoms with van der Waals surface area (Å²) in [6, 6.07) is -0.973. The Labute approximate surface area is 593 Å². The van der Waals surface area contributed by atoms with Crippen molar-refractivity contribution in [2.45, 2.75) is 433 Å². The minimum Gasteiger partial charge on any atom is -0.394 e. The van der Waals surface area contributed by atoms with Gasteiger partial charge in [-0.15, -0.1) is 0 Å². The molecule has 0 aliphatic carbocycles. The minimum absolute atomic E-state index is 0.246. The Hall–Kier alpha value is -1.99. The SMILES string of the molecule is CCCCCCC/C=C\C/C=C\CCCCCCCCCCCCCCCCCCCC(=O)NC(COC1OC(CO)C(OC2OC(CO)C(OC3OC(CO)C(O)C(O)C3O)C(O)C2O)C(O)C1O)C(O)/C=C/CCCCCCCCCCCCCCCCCCCCCCCC. The van der Waals surface area contributed by atoms with E-state index in [0.717, 1.165) is 51.4 Å². The lowest BCUT2D eigenvalue weighted by molar-refractivity contribution is -0.379. The Morgan fingerprint density at radius 1 is 0.367 bits per heavy atom. The molecule has 17 atom stereocenters. The molecule has 3 fully saturated rings. The minimum atomic E-state index is -1.98. The maximum absolute atomic E-state index is 13.5. The molecular weight excluding hydrogens is 1250 g/mol. The lowest BCUT2D eigenvalue weighted by Crippen LogP contribution is -2.66. The van der Waals surface area contributed by atoms with E-state index in [0.29, 0.717) is 6.42 Å². The first kappa shape index (κ1) is 90.2. The fourth-order valence-corrected chi connectivity index (χ4v) is 13.7. The van der Waals surface area contributed by atoms with Crippen LogP contribution in [0.4, 0.5) is 0 Å². The Balaban J connectivity index is 1.38. The van der Waals surface area contributed by atoms with Crippen LogP contribution in [0.5, 0.6) is 0 Å². The second kappa shape index (κ2) is 60.3. The maximum atomic E-state index is 13.5. The molecule has 3 aliphatic heterocycles. The molecule has 0 aromatic heterocycles. The van der Waals surface area contributed by atoms with Crippen LogP contribution in [0.1, 0.15) is 328 Å². The van der Waals surface area contributed by atoms with Gasteiger partial charge in [0.15, 0.2) is 18.9 Å². The number of nitrogens with one attached hydrogen (secondary N) is 1. The van der Waals surface area contributed by atoms with Gasteiger partial charge in [0.1, 0.15) is 73.2 Å². The monoisotopic (exact) mass is 1400 g/mol. The van der Waals surface area contributed by atoms with Crippen LogP contribution in [-0.4, -0.2) is 193 Å². The van der Waals surface area contributed by atoms with Crippen LogP contribution in [0.15, 0.2) is 36.5 Å². The van der Waals surface area contributed by atoms with Crippen molar-refractivity contribution in [3.63, 3.8) is 0 Å². The fourth-order valence-electron chi connectivity index (χ4n) is 13.7. The van der Waals surface area contributed by atoms with Crippen molar-refractivity contribution >= 4 is 5.91 Å². The van der Waals surface area contributed by atoms with Gasteiger partial charge in [-0.1, -0.05) is 307 Å². The second-order valence-corrected chi connectivity index (χ2v) is 28.9. The summed E-state index contributed by atoms with van der Waals surface area (Å²) in [4.78, 5) is 13.5. The van der Waals surface area contributed by atoms with Gasteiger partial charge < -0.3 is 89.9 Å². The van der Waals surface area contributed by atoms with Crippen LogP contribution >= 0.6 is 0 Å². The van der Waals surface area contributed by atoms with Gasteiger partial charge in [-0.2, -0.15) is 0 Å². The molecule has 1 amide bonds. The zero-order valence-corrected chi connectivity index (χ0v) is 61.5. The second-order valence-electron chi connectivity index (χ2n) is 28.9. The van der Waals surface area contributed by atoms with Gasteiger partial charge in [0.25, 0.3) is 0 Å². The highest BCUT2D eigenvalue weighted by Gasteiger charge is 2.54. The zero-order chi connectivity index (χ0) is 71.1. The summed E-state index contributed by atoms with van der Waals surface area (Å²) < 4.78 is 34.5. The van der Waals surface area contributed by atoms with E-state index in [4.69, 9.17) is 28.4 Å². The number of hydrogen-bond acceptors (Lipinski definition) is 18. The van der Waals surface area contributed by atoms with Gasteiger partial charge in [0, 0.05) is 6.42 Å². The number of ether oxygens (including phenoxy) is 6. The smallest absolute Gasteiger partial charge is 0.220 e. The van der Waals surface area contributed by atoms with E-state index in [1.54, 1.807) is 6.08 Å². The molecule has 576 valence electrons. The molecule has 0 spiro atoms. The molecule has 3 aliphatic rings. The quantitative estimate of drug-likeness (QED) is 0.0199. The van der Waals surface area contributed by atoms with Gasteiger partial charge in [-0.3, -0.25) is 4.79 Å². The van der Waals surface area contributed by atoms with E-state index >= 15 is 0 Å². The van der Waals surface area contributed by atoms with Crippen LogP contribution in [0.2, 0.25) is 0 Å². The van der Waals surface area contributed by atoms with Crippen molar-refractivity contribution in [1.82, 2.24) is 5.32 Å². The van der Waals surface area contributed by atoms with E-state index in [9.17, 15) is 61.0 Å². The summed E-state index contributed by atoms with van der Waals surface area (Å²) in [5.74, 6) is -0.270. The zero-order valence-electron chi connectivity index (χ0n) is 61.5. The fraction of sp³-hybridized carbons (Fsp3) is 0.911. The number of amides is 1. The van der Waals surface area contributed by atoms with Crippen LogP contribution in [0, 0.1) is 0 Å². The van der Waals surface area contributed by atoms with Crippen molar-refractivity contribution in [3.05, 3.63) is 36.5 Å². The van der Waals surface area contributed by atoms with E-state index in [1.807, 2.05) is 6.08 Å². The number of hydrogen-bond donors (Lipinski definition) is 12. The van der Waals surface area contributed by atoms with Gasteiger partial charge in [0.05, 0.1) is 38.6 Å². The van der Waals surface area contributed by atoms with E-state index in [2.05, 4.69) is 43.5 Å². The summed E-state index contributed by atoms with van der Waals surface area (Å²) in [6.45, 7) is 1.78. The molecule has 19 heteroatoms. The molecule has 0 aromatic rings. The number of rotatable bonds is 64. The Morgan fingerprint density at radius 2 is 0.673 bits per heavy atom. The Bertz CT molecular complexity index is 1910. The molecule has 3 heterocycles. The largest absolute Gasteiger partial charge is 0.394 e. The third-order valence-electron chi connectivity index (χ3n) is 20.2. The van der Waals surface area contributed by atoms with E-state index in [-0.39, 0.29) is 18.9 Å². The van der Waals surface area contributed by atoms with Gasteiger partial charge in [-0.25, -0.2) is 0 Å². The molecule has 12 N–H and O–H groups in total. The lowest BCUT2D eigenvalue weighted by Gasteiger charge is -2.48. The van der Waals surface area contributed by atoms with Gasteiger partial charge in [0.2, 0.25) is 5.91 Å². The Morgan fingerprint density at radius 3 is 1.04 bits per heavy atom. The molecule has 98 heavy (non-hydrogen) atoms. The standard InChI is InChI=1S/C79H147NO18/c1-3-5-7-9-11-13-15-17-19-21-23-25-27-29-30-31-32-33-35-37-39-41-43-45-47-49-51-53-55-57-67(85)80-62(63(84)56-54-52-50-48-46-44-42-40-38-36-34-28-26-24-22-20-18-16-14-12-10-8-6-4-2)61-93-77-73(91)70(88)75(65(59-82)95-77)98-79-74(92)71(89)76(66(60-83)96-79)97-78-72(90)69(87)68(86)64(58-81)94-78/h15,17,21,23,54,56,62-66,68-79,81-84,86-92H,3-14,16,18-20,22,24-53,55,57-61H2,1-2H3,(H,80,85)/b17-15-,23-21-,56-54+. The number of allylic oxidation sites excluding steroid dienone is 5. The molecule has 19 nitrogen and oxygen atoms in total. The third kappa shape index (κ3) is 40.3. The molecule has 0 aromatic carbocycles. The average molecular weight is 1400 g/mol. The lowest BCUT2D eigenvalue weighted by atomic mass is 9.96. The maximum Gasteiger partial charge on any atom is 0.220 e. The van der Waals surface area contributed by atoms with E-state index in [1.165, 1.54) is 250 Å². The molecular formula is C79H147NO18. The number of carbonyl (C=O) groups is 1. The van der Waals surface area contributed by atoms with Gasteiger partial charge in [-0.05, 0) is 51.4 Å². The molecule has 3 saturated heterocycles. The normalized spacial score (nSPS) is 26.9. The molecule has 0 bridgehead atoms. The van der Waals surface area contributed by atoms with Crippen molar-refractivity contribution in [2.75, 3.05) is 26.4 Å². The van der Waals surface area contributed by atoms with Crippen LogP contribution in [0.25, 0.3) is 0 Å². The van der Waals surface area contributed by atoms with Crippen molar-refractivity contribution in [2.24, 2.45) is 0 Å². The number of aliphatic hydroxyl groups excluding tert-OH is 11. The van der Waals surface area contributed by atoms with E-state index < -0.39 is 124 Å². The summed E-state index contributed by atoms with van der Waals surface area (Å²) in [7, 11) is 0. The van der Waals surface area contributed by atoms with Crippen LogP contribution < -0.4 is 5.32 Å². The van der Waals surface area contributed by atoms with Crippen molar-refractivity contribution in [3.8, 4) is 0 Å². The van der Waals surface area contributed by atoms with Crippen molar-refractivity contribution in [1.29, 1.82) is 0 Å². The third-order valence-corrected chi connectivity index (χ3v) is 20.2. The molecule has 17 unspecified atom stereocenters. The summed E-state index contributed by atoms with van der Waals surface area (Å²) in [5.41, 5.74) is 0. The number of aliphatic hydroxyl groups is 11. The topological polar surface area (TPSA) is 307 Å². The number of carbonyl (C=O) groups excluding carboxylic acids is 1. The highest BCUT2D eigenvalue weighted by Crippen LogP contribution is 2.33. The summed E-state index contributed by atoms with van der Waals surface area (Å²) in [6.07, 6.45) is 47.0. The predicted molar refractivity (Wildman–Crippen MR) is 388 cm³/mol. The first-order valence-corrected chi connectivity index (χ1v) is 40.2. The highest BCUT2D eigenvalue weighted by atomic mass is 16.8. The first-order valence-electron chi connectivity index (χ1n) is 40.2. The summed E-state index contributed by atoms with van der Waals surface area (Å²) in [5, 5.41) is 121. The first-order chi connectivity index (χ1) is 47.8. The van der Waals surface area contributed by atoms with Crippen LogP contribution in [0.3, 0.4) is 0 Å². The number of unbranched alkanes of at least 4 members (excludes halogenated alkanes) is 44. The predicted octanol–water partition coefficient (Wildman–Crippen LogP) is 13.1. The Kier molecular flexibility index (Phi) is 55.5. The van der Waals surface area contributed by atoms with Crippen molar-refractivity contribution < 1.29 is 89.4 Å². The van der Waals surface area contributed by atoms with Gasteiger partial charge >= 0.3 is 0 Å². The molecule has 0 radical (unpaired) electrons.